The highest BCUT2D eigenvalue weighted by molar-refractivity contribution is 6.22. The summed E-state index contributed by atoms with van der Waals surface area (Å²) in [6, 6.07) is 8.46. The number of Topliss-reactive ketones (excluding diaryl/α,β-unsaturated/α-hetero) is 1. The standard InChI is InChI=1S/C22H24N4O4/c1-14-11-18(15(2)23-14)19(27)12-24-7-9-25(10-8-24)20(28)13-26-21(29)16-5-3-4-6-17(16)22(26)30/h3-6,11,23H,7-10,12-13H2,1-2H3. The molecule has 1 saturated heterocycles. The first-order valence-electron chi connectivity index (χ1n) is 10.00. The number of carbonyl (C=O) groups excluding carboxylic acids is 4. The lowest BCUT2D eigenvalue weighted by Crippen LogP contribution is -2.52. The van der Waals surface area contributed by atoms with E-state index in [-0.39, 0.29) is 18.2 Å². The van der Waals surface area contributed by atoms with Crippen LogP contribution in [0.1, 0.15) is 42.5 Å². The summed E-state index contributed by atoms with van der Waals surface area (Å²) in [4.78, 5) is 58.0. The molecular formula is C22H24N4O4. The van der Waals surface area contributed by atoms with Crippen molar-refractivity contribution in [2.75, 3.05) is 39.3 Å². The topological polar surface area (TPSA) is 93.8 Å². The third kappa shape index (κ3) is 3.66. The molecule has 3 amide bonds. The van der Waals surface area contributed by atoms with E-state index in [9.17, 15) is 19.2 Å². The molecule has 4 rings (SSSR count). The van der Waals surface area contributed by atoms with Gasteiger partial charge >= 0.3 is 0 Å². The fraction of sp³-hybridized carbons (Fsp3) is 0.364. The van der Waals surface area contributed by atoms with Crippen LogP contribution in [0.25, 0.3) is 0 Å². The summed E-state index contributed by atoms with van der Waals surface area (Å²) in [5.41, 5.74) is 3.21. The Morgan fingerprint density at radius 1 is 0.933 bits per heavy atom. The summed E-state index contributed by atoms with van der Waals surface area (Å²) < 4.78 is 0. The van der Waals surface area contributed by atoms with Gasteiger partial charge in [-0.05, 0) is 32.0 Å². The molecule has 3 heterocycles. The quantitative estimate of drug-likeness (QED) is 0.594. The van der Waals surface area contributed by atoms with E-state index in [2.05, 4.69) is 4.98 Å². The van der Waals surface area contributed by atoms with Gasteiger partial charge in [-0.15, -0.1) is 0 Å². The number of carbonyl (C=O) groups is 4. The second-order valence-corrected chi connectivity index (χ2v) is 7.81. The molecule has 0 radical (unpaired) electrons. The molecule has 0 unspecified atom stereocenters. The largest absolute Gasteiger partial charge is 0.362 e. The van der Waals surface area contributed by atoms with Crippen LogP contribution in [0.15, 0.2) is 30.3 Å². The number of nitrogens with zero attached hydrogens (tertiary/aromatic N) is 3. The summed E-state index contributed by atoms with van der Waals surface area (Å²) >= 11 is 0. The molecule has 2 aromatic rings. The maximum absolute atomic E-state index is 12.7. The number of aromatic nitrogens is 1. The van der Waals surface area contributed by atoms with Crippen LogP contribution in [-0.4, -0.2) is 82.5 Å². The predicted octanol–water partition coefficient (Wildman–Crippen LogP) is 1.25. The first-order chi connectivity index (χ1) is 14.3. The molecule has 0 saturated carbocycles. The highest BCUT2D eigenvalue weighted by Crippen LogP contribution is 2.22. The number of amides is 3. The number of imide groups is 1. The van der Waals surface area contributed by atoms with E-state index in [1.807, 2.05) is 24.8 Å². The minimum Gasteiger partial charge on any atom is -0.362 e. The third-order valence-electron chi connectivity index (χ3n) is 5.71. The lowest BCUT2D eigenvalue weighted by atomic mass is 10.1. The van der Waals surface area contributed by atoms with Crippen molar-refractivity contribution in [1.29, 1.82) is 0 Å². The maximum Gasteiger partial charge on any atom is 0.262 e. The van der Waals surface area contributed by atoms with Crippen molar-refractivity contribution in [1.82, 2.24) is 19.7 Å². The zero-order valence-corrected chi connectivity index (χ0v) is 17.1. The molecule has 2 aliphatic rings. The molecule has 1 fully saturated rings. The number of hydrogen-bond donors (Lipinski definition) is 1. The molecule has 0 spiro atoms. The van der Waals surface area contributed by atoms with Crippen LogP contribution in [0.5, 0.6) is 0 Å². The summed E-state index contributed by atoms with van der Waals surface area (Å²) in [6.45, 7) is 5.91. The molecule has 156 valence electrons. The number of hydrogen-bond acceptors (Lipinski definition) is 5. The van der Waals surface area contributed by atoms with Crippen molar-refractivity contribution < 1.29 is 19.2 Å². The van der Waals surface area contributed by atoms with Crippen LogP contribution in [0.2, 0.25) is 0 Å². The van der Waals surface area contributed by atoms with E-state index in [1.165, 1.54) is 0 Å². The van der Waals surface area contributed by atoms with E-state index >= 15 is 0 Å². The van der Waals surface area contributed by atoms with Crippen molar-refractivity contribution in [2.45, 2.75) is 13.8 Å². The molecule has 30 heavy (non-hydrogen) atoms. The lowest BCUT2D eigenvalue weighted by Gasteiger charge is -2.34. The van der Waals surface area contributed by atoms with Gasteiger partial charge in [-0.3, -0.25) is 29.0 Å². The Morgan fingerprint density at radius 2 is 1.53 bits per heavy atom. The Hall–Kier alpha value is -3.26. The van der Waals surface area contributed by atoms with Gasteiger partial charge < -0.3 is 9.88 Å². The Balaban J connectivity index is 1.31. The number of aromatic amines is 1. The summed E-state index contributed by atoms with van der Waals surface area (Å²) in [6.07, 6.45) is 0. The highest BCUT2D eigenvalue weighted by atomic mass is 16.2. The molecule has 8 nitrogen and oxygen atoms in total. The average molecular weight is 408 g/mol. The number of aryl methyl sites for hydroxylation is 2. The minimum absolute atomic E-state index is 0.0580. The first-order valence-corrected chi connectivity index (χ1v) is 10.00. The number of rotatable bonds is 5. The minimum atomic E-state index is -0.426. The zero-order valence-electron chi connectivity index (χ0n) is 17.1. The number of nitrogens with one attached hydrogen (secondary N) is 1. The Bertz CT molecular complexity index is 999. The van der Waals surface area contributed by atoms with Crippen LogP contribution >= 0.6 is 0 Å². The molecule has 2 aliphatic heterocycles. The van der Waals surface area contributed by atoms with Crippen molar-refractivity contribution >= 4 is 23.5 Å². The van der Waals surface area contributed by atoms with Gasteiger partial charge in [0.05, 0.1) is 17.7 Å². The SMILES string of the molecule is Cc1cc(C(=O)CN2CCN(C(=O)CN3C(=O)c4ccccc4C3=O)CC2)c(C)[nH]1. The Morgan fingerprint density at radius 3 is 2.07 bits per heavy atom. The Kier molecular flexibility index (Phi) is 5.26. The Labute approximate surface area is 174 Å². The average Bonchev–Trinajstić information content (AvgIpc) is 3.20. The molecule has 1 aromatic heterocycles. The monoisotopic (exact) mass is 408 g/mol. The molecule has 0 aliphatic carbocycles. The number of benzene rings is 1. The van der Waals surface area contributed by atoms with Gasteiger partial charge in [-0.2, -0.15) is 0 Å². The van der Waals surface area contributed by atoms with Gasteiger partial charge in [-0.25, -0.2) is 0 Å². The van der Waals surface area contributed by atoms with Gasteiger partial charge in [0.25, 0.3) is 11.8 Å². The molecular weight excluding hydrogens is 384 g/mol. The highest BCUT2D eigenvalue weighted by Gasteiger charge is 2.37. The zero-order chi connectivity index (χ0) is 21.4. The lowest BCUT2D eigenvalue weighted by molar-refractivity contribution is -0.133. The van der Waals surface area contributed by atoms with Crippen LogP contribution in [0.4, 0.5) is 0 Å². The maximum atomic E-state index is 12.7. The van der Waals surface area contributed by atoms with Crippen molar-refractivity contribution in [3.63, 3.8) is 0 Å². The van der Waals surface area contributed by atoms with Crippen LogP contribution in [0, 0.1) is 13.8 Å². The summed E-state index contributed by atoms with van der Waals surface area (Å²) in [5.74, 6) is -1.05. The van der Waals surface area contributed by atoms with Crippen molar-refractivity contribution in [3.05, 3.63) is 58.4 Å². The number of fused-ring (bicyclic) bond motifs is 1. The van der Waals surface area contributed by atoms with E-state index in [4.69, 9.17) is 0 Å². The van der Waals surface area contributed by atoms with Gasteiger partial charge in [0.15, 0.2) is 5.78 Å². The van der Waals surface area contributed by atoms with E-state index < -0.39 is 11.8 Å². The number of piperazine rings is 1. The van der Waals surface area contributed by atoms with Gasteiger partial charge in [0, 0.05) is 43.1 Å². The van der Waals surface area contributed by atoms with E-state index in [1.54, 1.807) is 29.2 Å². The second-order valence-electron chi connectivity index (χ2n) is 7.81. The third-order valence-corrected chi connectivity index (χ3v) is 5.71. The number of ketones is 1. The first kappa shape index (κ1) is 20.0. The predicted molar refractivity (Wildman–Crippen MR) is 109 cm³/mol. The van der Waals surface area contributed by atoms with E-state index in [0.29, 0.717) is 49.4 Å². The van der Waals surface area contributed by atoms with Gasteiger partial charge in [-0.1, -0.05) is 12.1 Å². The molecule has 0 atom stereocenters. The van der Waals surface area contributed by atoms with Crippen molar-refractivity contribution in [2.24, 2.45) is 0 Å². The second kappa shape index (κ2) is 7.87. The summed E-state index contributed by atoms with van der Waals surface area (Å²) in [7, 11) is 0. The number of H-pyrrole nitrogens is 1. The molecule has 0 bridgehead atoms. The smallest absolute Gasteiger partial charge is 0.262 e. The summed E-state index contributed by atoms with van der Waals surface area (Å²) in [5, 5.41) is 0. The fourth-order valence-electron chi connectivity index (χ4n) is 4.08. The van der Waals surface area contributed by atoms with Gasteiger partial charge in [0.2, 0.25) is 5.91 Å². The molecule has 1 aromatic carbocycles. The fourth-order valence-corrected chi connectivity index (χ4v) is 4.08. The molecule has 1 N–H and O–H groups in total. The normalized spacial score (nSPS) is 16.9. The van der Waals surface area contributed by atoms with Crippen molar-refractivity contribution in [3.8, 4) is 0 Å². The van der Waals surface area contributed by atoms with Crippen LogP contribution in [-0.2, 0) is 4.79 Å². The van der Waals surface area contributed by atoms with Crippen LogP contribution in [0.3, 0.4) is 0 Å². The molecule has 8 heteroatoms. The van der Waals surface area contributed by atoms with E-state index in [0.717, 1.165) is 16.3 Å². The van der Waals surface area contributed by atoms with Crippen LogP contribution < -0.4 is 0 Å². The van der Waals surface area contributed by atoms with Gasteiger partial charge in [0.1, 0.15) is 6.54 Å².